The second kappa shape index (κ2) is 8.69. The van der Waals surface area contributed by atoms with E-state index < -0.39 is 11.7 Å². The van der Waals surface area contributed by atoms with Gasteiger partial charge < -0.3 is 19.5 Å². The molecule has 0 spiro atoms. The van der Waals surface area contributed by atoms with E-state index in [0.29, 0.717) is 25.1 Å². The number of carbonyl (C=O) groups excluding carboxylic acids is 3. The Morgan fingerprint density at radius 1 is 1.29 bits per heavy atom. The van der Waals surface area contributed by atoms with Gasteiger partial charge in [0.15, 0.2) is 5.76 Å². The standard InChI is InChI=1S/C20H22FN3O4/c1-23(13-18(25)22-16-7-2-6-15(21)11-16)19(26)14-5-3-9-24(12-14)20(27)17-8-4-10-28-17/h2,4,6-8,10-11,14H,3,5,9,12-13H2,1H3,(H,22,25)/t14-/m0/s1. The van der Waals surface area contributed by atoms with Crippen molar-refractivity contribution >= 4 is 23.4 Å². The molecule has 148 valence electrons. The summed E-state index contributed by atoms with van der Waals surface area (Å²) in [5.74, 6) is -1.44. The second-order valence-corrected chi connectivity index (χ2v) is 6.82. The third kappa shape index (κ3) is 4.76. The molecular weight excluding hydrogens is 365 g/mol. The van der Waals surface area contributed by atoms with Gasteiger partial charge in [0.1, 0.15) is 5.82 Å². The average molecular weight is 387 g/mol. The zero-order chi connectivity index (χ0) is 20.1. The molecule has 1 aromatic heterocycles. The van der Waals surface area contributed by atoms with E-state index in [1.165, 1.54) is 29.4 Å². The fraction of sp³-hybridized carbons (Fsp3) is 0.350. The first-order valence-electron chi connectivity index (χ1n) is 9.07. The highest BCUT2D eigenvalue weighted by atomic mass is 19.1. The van der Waals surface area contributed by atoms with Crippen LogP contribution in [0.1, 0.15) is 23.4 Å². The molecule has 0 radical (unpaired) electrons. The summed E-state index contributed by atoms with van der Waals surface area (Å²) in [6, 6.07) is 8.79. The van der Waals surface area contributed by atoms with Crippen LogP contribution in [0.4, 0.5) is 10.1 Å². The van der Waals surface area contributed by atoms with Gasteiger partial charge in [0, 0.05) is 25.8 Å². The highest BCUT2D eigenvalue weighted by Gasteiger charge is 2.31. The summed E-state index contributed by atoms with van der Waals surface area (Å²) in [5, 5.41) is 2.57. The number of anilines is 1. The molecule has 0 aliphatic carbocycles. The molecule has 1 N–H and O–H groups in total. The van der Waals surface area contributed by atoms with Crippen molar-refractivity contribution in [2.45, 2.75) is 12.8 Å². The number of benzene rings is 1. The number of halogens is 1. The van der Waals surface area contributed by atoms with E-state index in [0.717, 1.165) is 0 Å². The first kappa shape index (κ1) is 19.6. The monoisotopic (exact) mass is 387 g/mol. The van der Waals surface area contributed by atoms with E-state index in [4.69, 9.17) is 4.42 Å². The zero-order valence-corrected chi connectivity index (χ0v) is 15.6. The van der Waals surface area contributed by atoms with Crippen molar-refractivity contribution in [1.82, 2.24) is 9.80 Å². The molecule has 7 nitrogen and oxygen atoms in total. The third-order valence-corrected chi connectivity index (χ3v) is 4.66. The summed E-state index contributed by atoms with van der Waals surface area (Å²) in [5.41, 5.74) is 0.332. The Labute approximate surface area is 162 Å². The number of hydrogen-bond donors (Lipinski definition) is 1. The number of furan rings is 1. The molecule has 3 amide bonds. The lowest BCUT2D eigenvalue weighted by Gasteiger charge is -2.33. The lowest BCUT2D eigenvalue weighted by molar-refractivity contribution is -0.138. The van der Waals surface area contributed by atoms with Crippen molar-refractivity contribution in [2.24, 2.45) is 5.92 Å². The van der Waals surface area contributed by atoms with E-state index in [2.05, 4.69) is 5.32 Å². The minimum absolute atomic E-state index is 0.155. The topological polar surface area (TPSA) is 82.9 Å². The summed E-state index contributed by atoms with van der Waals surface area (Å²) >= 11 is 0. The van der Waals surface area contributed by atoms with Crippen LogP contribution in [0, 0.1) is 11.7 Å². The number of piperidine rings is 1. The van der Waals surface area contributed by atoms with Crippen LogP contribution in [-0.2, 0) is 9.59 Å². The van der Waals surface area contributed by atoms with E-state index in [-0.39, 0.29) is 36.6 Å². The van der Waals surface area contributed by atoms with Crippen molar-refractivity contribution in [3.05, 3.63) is 54.2 Å². The molecule has 1 aliphatic heterocycles. The summed E-state index contributed by atoms with van der Waals surface area (Å²) in [7, 11) is 1.54. The van der Waals surface area contributed by atoms with Gasteiger partial charge in [0.2, 0.25) is 11.8 Å². The number of carbonyl (C=O) groups is 3. The number of likely N-dealkylation sites (N-methyl/N-ethyl adjacent to an activating group) is 1. The maximum Gasteiger partial charge on any atom is 0.289 e. The molecule has 2 heterocycles. The van der Waals surface area contributed by atoms with Gasteiger partial charge in [-0.05, 0) is 43.2 Å². The lowest BCUT2D eigenvalue weighted by Crippen LogP contribution is -2.47. The van der Waals surface area contributed by atoms with Gasteiger partial charge in [-0.3, -0.25) is 14.4 Å². The van der Waals surface area contributed by atoms with Crippen LogP contribution in [0.15, 0.2) is 47.1 Å². The molecule has 1 atom stereocenters. The number of hydrogen-bond acceptors (Lipinski definition) is 4. The molecule has 2 aromatic rings. The Morgan fingerprint density at radius 3 is 2.82 bits per heavy atom. The fourth-order valence-electron chi connectivity index (χ4n) is 3.29. The Hall–Kier alpha value is -3.16. The Bertz CT molecular complexity index is 853. The number of nitrogens with zero attached hydrogens (tertiary/aromatic N) is 2. The minimum atomic E-state index is -0.453. The van der Waals surface area contributed by atoms with Gasteiger partial charge in [-0.2, -0.15) is 0 Å². The number of likely N-dealkylation sites (tertiary alicyclic amines) is 1. The van der Waals surface area contributed by atoms with Gasteiger partial charge in [-0.15, -0.1) is 0 Å². The maximum atomic E-state index is 13.2. The van der Waals surface area contributed by atoms with Gasteiger partial charge in [0.05, 0.1) is 18.7 Å². The lowest BCUT2D eigenvalue weighted by atomic mass is 9.96. The van der Waals surface area contributed by atoms with Crippen LogP contribution in [0.5, 0.6) is 0 Å². The number of rotatable bonds is 5. The van der Waals surface area contributed by atoms with Crippen LogP contribution >= 0.6 is 0 Å². The highest BCUT2D eigenvalue weighted by Crippen LogP contribution is 2.20. The van der Waals surface area contributed by atoms with Crippen molar-refractivity contribution < 1.29 is 23.2 Å². The smallest absolute Gasteiger partial charge is 0.289 e. The van der Waals surface area contributed by atoms with Crippen LogP contribution in [0.25, 0.3) is 0 Å². The molecule has 28 heavy (non-hydrogen) atoms. The highest BCUT2D eigenvalue weighted by molar-refractivity contribution is 5.95. The molecule has 1 aliphatic rings. The van der Waals surface area contributed by atoms with Crippen molar-refractivity contribution in [1.29, 1.82) is 0 Å². The van der Waals surface area contributed by atoms with E-state index in [1.807, 2.05) is 0 Å². The molecule has 0 bridgehead atoms. The van der Waals surface area contributed by atoms with Crippen LogP contribution in [0.3, 0.4) is 0 Å². The molecule has 3 rings (SSSR count). The largest absolute Gasteiger partial charge is 0.459 e. The number of amides is 3. The predicted molar refractivity (Wildman–Crippen MR) is 100 cm³/mol. The Kier molecular flexibility index (Phi) is 6.08. The van der Waals surface area contributed by atoms with Crippen molar-refractivity contribution in [2.75, 3.05) is 32.0 Å². The van der Waals surface area contributed by atoms with E-state index in [9.17, 15) is 18.8 Å². The summed E-state index contributed by atoms with van der Waals surface area (Å²) in [4.78, 5) is 40.2. The maximum absolute atomic E-state index is 13.2. The Balaban J connectivity index is 1.55. The molecule has 0 unspecified atom stereocenters. The zero-order valence-electron chi connectivity index (χ0n) is 15.6. The Morgan fingerprint density at radius 2 is 2.11 bits per heavy atom. The predicted octanol–water partition coefficient (Wildman–Crippen LogP) is 2.37. The SMILES string of the molecule is CN(CC(=O)Nc1cccc(F)c1)C(=O)[C@H]1CCCN(C(=O)c2ccco2)C1. The second-order valence-electron chi connectivity index (χ2n) is 6.82. The van der Waals surface area contributed by atoms with Gasteiger partial charge in [0.25, 0.3) is 5.91 Å². The normalized spacial score (nSPS) is 16.5. The van der Waals surface area contributed by atoms with E-state index >= 15 is 0 Å². The van der Waals surface area contributed by atoms with E-state index in [1.54, 1.807) is 30.1 Å². The summed E-state index contributed by atoms with van der Waals surface area (Å²) in [6.07, 6.45) is 2.79. The molecule has 1 saturated heterocycles. The van der Waals surface area contributed by atoms with Crippen LogP contribution in [0.2, 0.25) is 0 Å². The minimum Gasteiger partial charge on any atom is -0.459 e. The molecule has 8 heteroatoms. The first-order chi connectivity index (χ1) is 13.4. The fourth-order valence-corrected chi connectivity index (χ4v) is 3.29. The molecule has 1 fully saturated rings. The quantitative estimate of drug-likeness (QED) is 0.854. The van der Waals surface area contributed by atoms with Gasteiger partial charge in [-0.1, -0.05) is 6.07 Å². The van der Waals surface area contributed by atoms with Crippen LogP contribution in [-0.4, -0.2) is 54.2 Å². The molecule has 1 aromatic carbocycles. The summed E-state index contributed by atoms with van der Waals surface area (Å²) in [6.45, 7) is 0.694. The van der Waals surface area contributed by atoms with Gasteiger partial charge >= 0.3 is 0 Å². The molecule has 0 saturated carbocycles. The summed E-state index contributed by atoms with van der Waals surface area (Å²) < 4.78 is 18.3. The first-order valence-corrected chi connectivity index (χ1v) is 9.07. The van der Waals surface area contributed by atoms with Crippen molar-refractivity contribution in [3.63, 3.8) is 0 Å². The van der Waals surface area contributed by atoms with Crippen LogP contribution < -0.4 is 5.32 Å². The molecular formula is C20H22FN3O4. The number of nitrogens with one attached hydrogen (secondary N) is 1. The van der Waals surface area contributed by atoms with Crippen molar-refractivity contribution in [3.8, 4) is 0 Å². The van der Waals surface area contributed by atoms with Gasteiger partial charge in [-0.25, -0.2) is 4.39 Å². The third-order valence-electron chi connectivity index (χ3n) is 4.66. The average Bonchev–Trinajstić information content (AvgIpc) is 3.21.